The van der Waals surface area contributed by atoms with Crippen molar-refractivity contribution in [3.05, 3.63) is 53.6 Å². The Morgan fingerprint density at radius 1 is 1.19 bits per heavy atom. The molecule has 0 aliphatic carbocycles. The van der Waals surface area contributed by atoms with Crippen LogP contribution in [0.3, 0.4) is 0 Å². The maximum atomic E-state index is 13.4. The summed E-state index contributed by atoms with van der Waals surface area (Å²) in [5.41, 5.74) is 2.54. The third kappa shape index (κ3) is 3.87. The standard InChI is InChI=1S/C28H26ClN3O5/c1-36-24-9-20-21(30-13-17-5-4-8-31(17)28(20)35)10-25(24)37-15-26(34)32-14-16(12-29)27-19-7-3-2-6-18(19)23(33)11-22(27)32/h2-3,6-7,9-11,13,16-17,33H,4-5,8,12,14-15H2,1H3/t16-,17+/m1/s1. The first kappa shape index (κ1) is 23.6. The van der Waals surface area contributed by atoms with Crippen LogP contribution in [0.1, 0.15) is 34.7 Å². The minimum atomic E-state index is -0.277. The third-order valence-corrected chi connectivity index (χ3v) is 7.81. The number of methoxy groups -OCH3 is 1. The number of alkyl halides is 1. The van der Waals surface area contributed by atoms with Gasteiger partial charge in [-0.05, 0) is 29.9 Å². The van der Waals surface area contributed by atoms with Gasteiger partial charge in [0.25, 0.3) is 11.8 Å². The van der Waals surface area contributed by atoms with Crippen LogP contribution >= 0.6 is 11.6 Å². The summed E-state index contributed by atoms with van der Waals surface area (Å²) >= 11 is 6.29. The molecule has 1 saturated heterocycles. The Labute approximate surface area is 219 Å². The van der Waals surface area contributed by atoms with E-state index in [1.807, 2.05) is 35.4 Å². The lowest BCUT2D eigenvalue weighted by Crippen LogP contribution is -2.35. The first-order chi connectivity index (χ1) is 18.0. The lowest BCUT2D eigenvalue weighted by molar-refractivity contribution is -0.120. The number of hydrogen-bond donors (Lipinski definition) is 1. The van der Waals surface area contributed by atoms with Crippen molar-refractivity contribution in [2.75, 3.05) is 37.6 Å². The summed E-state index contributed by atoms with van der Waals surface area (Å²) in [6.45, 7) is 0.838. The van der Waals surface area contributed by atoms with Gasteiger partial charge in [-0.1, -0.05) is 24.3 Å². The molecule has 0 radical (unpaired) electrons. The largest absolute Gasteiger partial charge is 0.507 e. The van der Waals surface area contributed by atoms with Crippen molar-refractivity contribution in [2.45, 2.75) is 24.8 Å². The maximum Gasteiger partial charge on any atom is 0.264 e. The molecule has 2 amide bonds. The van der Waals surface area contributed by atoms with E-state index >= 15 is 0 Å². The second-order valence-electron chi connectivity index (χ2n) is 9.52. The Morgan fingerprint density at radius 3 is 2.78 bits per heavy atom. The lowest BCUT2D eigenvalue weighted by atomic mass is 9.95. The van der Waals surface area contributed by atoms with Crippen molar-refractivity contribution >= 4 is 51.8 Å². The van der Waals surface area contributed by atoms with E-state index in [9.17, 15) is 14.7 Å². The van der Waals surface area contributed by atoms with Gasteiger partial charge in [0.1, 0.15) is 5.75 Å². The molecule has 0 bridgehead atoms. The fourth-order valence-corrected chi connectivity index (χ4v) is 5.88. The fourth-order valence-electron chi connectivity index (χ4n) is 5.63. The number of phenols is 1. The number of aromatic hydroxyl groups is 1. The predicted octanol–water partition coefficient (Wildman–Crippen LogP) is 4.62. The lowest BCUT2D eigenvalue weighted by Gasteiger charge is -2.21. The second kappa shape index (κ2) is 9.27. The molecule has 6 rings (SSSR count). The van der Waals surface area contributed by atoms with Crippen LogP contribution < -0.4 is 14.4 Å². The minimum Gasteiger partial charge on any atom is -0.507 e. The van der Waals surface area contributed by atoms with Crippen LogP contribution in [-0.4, -0.2) is 66.8 Å². The smallest absolute Gasteiger partial charge is 0.264 e. The number of aliphatic imine (C=N–C) groups is 1. The molecule has 3 aliphatic heterocycles. The normalized spacial score (nSPS) is 20.0. The van der Waals surface area contributed by atoms with Crippen molar-refractivity contribution < 1.29 is 24.2 Å². The second-order valence-corrected chi connectivity index (χ2v) is 9.83. The highest BCUT2D eigenvalue weighted by atomic mass is 35.5. The Hall–Kier alpha value is -3.78. The minimum absolute atomic E-state index is 0.00514. The first-order valence-corrected chi connectivity index (χ1v) is 12.8. The number of rotatable bonds is 5. The topological polar surface area (TPSA) is 91.7 Å². The number of benzene rings is 3. The zero-order valence-corrected chi connectivity index (χ0v) is 21.1. The van der Waals surface area contributed by atoms with E-state index in [4.69, 9.17) is 21.1 Å². The van der Waals surface area contributed by atoms with Gasteiger partial charge in [-0.25, -0.2) is 0 Å². The van der Waals surface area contributed by atoms with Crippen LogP contribution in [0.15, 0.2) is 47.5 Å². The number of fused-ring (bicyclic) bond motifs is 5. The number of carbonyl (C=O) groups excluding carboxylic acids is 2. The molecule has 3 aromatic rings. The van der Waals surface area contributed by atoms with Gasteiger partial charge in [-0.2, -0.15) is 0 Å². The molecule has 2 atom stereocenters. The average Bonchev–Trinajstić information content (AvgIpc) is 3.52. The van der Waals surface area contributed by atoms with Crippen LogP contribution in [0.4, 0.5) is 11.4 Å². The van der Waals surface area contributed by atoms with Crippen LogP contribution in [0.2, 0.25) is 0 Å². The van der Waals surface area contributed by atoms with Crippen molar-refractivity contribution in [1.82, 2.24) is 4.90 Å². The van der Waals surface area contributed by atoms with Gasteiger partial charge in [-0.3, -0.25) is 14.6 Å². The summed E-state index contributed by atoms with van der Waals surface area (Å²) in [4.78, 5) is 34.4. The number of nitrogens with zero attached hydrogens (tertiary/aromatic N) is 3. The SMILES string of the molecule is COc1cc2c(cc1OCC(=O)N1C[C@@H](CCl)c3c1cc(O)c1ccccc31)N=C[C@@H]1CCCN1C2=O. The average molecular weight is 520 g/mol. The van der Waals surface area contributed by atoms with E-state index in [0.717, 1.165) is 29.2 Å². The van der Waals surface area contributed by atoms with Crippen molar-refractivity contribution in [1.29, 1.82) is 0 Å². The van der Waals surface area contributed by atoms with E-state index < -0.39 is 0 Å². The number of carbonyl (C=O) groups is 2. The molecule has 3 aromatic carbocycles. The molecule has 3 heterocycles. The molecule has 0 saturated carbocycles. The number of anilines is 1. The van der Waals surface area contributed by atoms with Crippen LogP contribution in [0.25, 0.3) is 10.8 Å². The summed E-state index contributed by atoms with van der Waals surface area (Å²) in [5, 5.41) is 12.2. The molecule has 190 valence electrons. The Bertz CT molecular complexity index is 1460. The zero-order chi connectivity index (χ0) is 25.7. The summed E-state index contributed by atoms with van der Waals surface area (Å²) < 4.78 is 11.4. The molecule has 1 N–H and O–H groups in total. The van der Waals surface area contributed by atoms with E-state index in [1.165, 1.54) is 7.11 Å². The van der Waals surface area contributed by atoms with Gasteiger partial charge in [0, 0.05) is 48.6 Å². The van der Waals surface area contributed by atoms with Crippen molar-refractivity contribution in [2.24, 2.45) is 4.99 Å². The summed E-state index contributed by atoms with van der Waals surface area (Å²) in [5.74, 6) is 0.717. The van der Waals surface area contributed by atoms with Crippen LogP contribution in [-0.2, 0) is 4.79 Å². The number of ether oxygens (including phenoxy) is 2. The summed E-state index contributed by atoms with van der Waals surface area (Å²) in [7, 11) is 1.50. The first-order valence-electron chi connectivity index (χ1n) is 12.3. The number of phenolic OH excluding ortho intramolecular Hbond substituents is 1. The quantitative estimate of drug-likeness (QED) is 0.496. The number of halogens is 1. The van der Waals surface area contributed by atoms with Crippen molar-refractivity contribution in [3.8, 4) is 17.2 Å². The monoisotopic (exact) mass is 519 g/mol. The van der Waals surface area contributed by atoms with Crippen molar-refractivity contribution in [3.63, 3.8) is 0 Å². The van der Waals surface area contributed by atoms with E-state index in [0.29, 0.717) is 47.4 Å². The maximum absolute atomic E-state index is 13.4. The molecule has 0 unspecified atom stereocenters. The molecule has 9 heteroatoms. The highest BCUT2D eigenvalue weighted by Gasteiger charge is 2.35. The Balaban J connectivity index is 1.28. The van der Waals surface area contributed by atoms with Gasteiger partial charge >= 0.3 is 0 Å². The van der Waals surface area contributed by atoms with Gasteiger partial charge in [-0.15, -0.1) is 11.6 Å². The van der Waals surface area contributed by atoms with E-state index in [-0.39, 0.29) is 36.1 Å². The molecule has 1 fully saturated rings. The highest BCUT2D eigenvalue weighted by molar-refractivity contribution is 6.19. The molecule has 0 aromatic heterocycles. The summed E-state index contributed by atoms with van der Waals surface area (Å²) in [6, 6.07) is 12.5. The zero-order valence-electron chi connectivity index (χ0n) is 20.3. The Kier molecular flexibility index (Phi) is 5.91. The third-order valence-electron chi connectivity index (χ3n) is 7.44. The Morgan fingerprint density at radius 2 is 2.00 bits per heavy atom. The predicted molar refractivity (Wildman–Crippen MR) is 142 cm³/mol. The highest BCUT2D eigenvalue weighted by Crippen LogP contribution is 2.45. The van der Waals surface area contributed by atoms with Gasteiger partial charge < -0.3 is 24.4 Å². The van der Waals surface area contributed by atoms with Gasteiger partial charge in [0.2, 0.25) is 0 Å². The summed E-state index contributed by atoms with van der Waals surface area (Å²) in [6.07, 6.45) is 3.65. The van der Waals surface area contributed by atoms with E-state index in [2.05, 4.69) is 4.99 Å². The van der Waals surface area contributed by atoms with Gasteiger partial charge in [0.05, 0.1) is 30.1 Å². The van der Waals surface area contributed by atoms with Crippen LogP contribution in [0, 0.1) is 0 Å². The molecular weight excluding hydrogens is 494 g/mol. The molecule has 3 aliphatic rings. The fraction of sp³-hybridized carbons (Fsp3) is 0.321. The molecule has 0 spiro atoms. The molecular formula is C28H26ClN3O5. The van der Waals surface area contributed by atoms with Crippen LogP contribution in [0.5, 0.6) is 17.2 Å². The van der Waals surface area contributed by atoms with E-state index in [1.54, 1.807) is 23.1 Å². The van der Waals surface area contributed by atoms with Gasteiger partial charge in [0.15, 0.2) is 18.1 Å². The number of hydrogen-bond acceptors (Lipinski definition) is 6. The number of amides is 2. The molecule has 8 nitrogen and oxygen atoms in total. The molecule has 37 heavy (non-hydrogen) atoms.